The molecule has 13 heteroatoms. The van der Waals surface area contributed by atoms with Gasteiger partial charge in [0.05, 0.1) is 16.7 Å². The summed E-state index contributed by atoms with van der Waals surface area (Å²) >= 11 is 1.36. The van der Waals surface area contributed by atoms with Crippen LogP contribution in [0.4, 0.5) is 0 Å². The lowest BCUT2D eigenvalue weighted by Crippen LogP contribution is -2.41. The van der Waals surface area contributed by atoms with E-state index in [9.17, 15) is 14.4 Å². The fraction of sp³-hybridized carbons (Fsp3) is 0.194. The summed E-state index contributed by atoms with van der Waals surface area (Å²) in [7, 11) is 0. The number of nitrogens with zero attached hydrogens (tertiary/aromatic N) is 5. The minimum absolute atomic E-state index is 0.270. The number of hydrogen-bond acceptors (Lipinski definition) is 12. The lowest BCUT2D eigenvalue weighted by atomic mass is 10.1. The van der Waals surface area contributed by atoms with Crippen molar-refractivity contribution in [2.45, 2.75) is 29.6 Å². The zero-order valence-electron chi connectivity index (χ0n) is 23.3. The average molecular weight is 612 g/mol. The number of fused-ring (bicyclic) bond motifs is 1. The van der Waals surface area contributed by atoms with Gasteiger partial charge in [-0.25, -0.2) is 24.4 Å². The highest BCUT2D eigenvalue weighted by Gasteiger charge is 2.52. The molecule has 1 aliphatic rings. The molecule has 4 atom stereocenters. The van der Waals surface area contributed by atoms with Crippen LogP contribution < -0.4 is 0 Å². The molecule has 1 aliphatic heterocycles. The largest absolute Gasteiger partial charge is 0.459 e. The minimum Gasteiger partial charge on any atom is -0.459 e. The highest BCUT2D eigenvalue weighted by molar-refractivity contribution is 7.98. The Balaban J connectivity index is 1.37. The predicted molar refractivity (Wildman–Crippen MR) is 157 cm³/mol. The molecule has 222 valence electrons. The summed E-state index contributed by atoms with van der Waals surface area (Å²) in [6.07, 6.45) is -1.50. The molecule has 1 saturated heterocycles. The van der Waals surface area contributed by atoms with Gasteiger partial charge in [-0.2, -0.15) is 0 Å². The van der Waals surface area contributed by atoms with Crippen LogP contribution in [0.15, 0.2) is 102 Å². The molecule has 12 nitrogen and oxygen atoms in total. The molecule has 0 unspecified atom stereocenters. The third kappa shape index (κ3) is 6.14. The monoisotopic (exact) mass is 611 g/mol. The van der Waals surface area contributed by atoms with Crippen LogP contribution in [0.3, 0.4) is 0 Å². The number of thioether (sulfide) groups is 1. The van der Waals surface area contributed by atoms with E-state index in [1.54, 1.807) is 91.0 Å². The van der Waals surface area contributed by atoms with Crippen LogP contribution in [0.25, 0.3) is 11.2 Å². The van der Waals surface area contributed by atoms with E-state index in [0.29, 0.717) is 16.1 Å². The van der Waals surface area contributed by atoms with Crippen molar-refractivity contribution in [1.29, 1.82) is 0 Å². The van der Waals surface area contributed by atoms with E-state index in [1.165, 1.54) is 22.9 Å². The third-order valence-electron chi connectivity index (χ3n) is 6.77. The van der Waals surface area contributed by atoms with E-state index in [4.69, 9.17) is 18.9 Å². The molecule has 1 fully saturated rings. The van der Waals surface area contributed by atoms with Crippen molar-refractivity contribution < 1.29 is 33.3 Å². The molecule has 3 heterocycles. The Hall–Kier alpha value is -5.14. The normalized spacial score (nSPS) is 19.4. The first-order valence-corrected chi connectivity index (χ1v) is 14.8. The number of ether oxygens (including phenoxy) is 4. The summed E-state index contributed by atoms with van der Waals surface area (Å²) in [5.41, 5.74) is 1.57. The maximum Gasteiger partial charge on any atom is 0.338 e. The molecule has 3 aromatic carbocycles. The van der Waals surface area contributed by atoms with E-state index < -0.39 is 42.4 Å². The van der Waals surface area contributed by atoms with Crippen LogP contribution in [0.2, 0.25) is 0 Å². The minimum atomic E-state index is -1.25. The van der Waals surface area contributed by atoms with Crippen LogP contribution >= 0.6 is 11.8 Å². The van der Waals surface area contributed by atoms with Crippen LogP contribution in [0, 0.1) is 0 Å². The van der Waals surface area contributed by atoms with Gasteiger partial charge in [0, 0.05) is 0 Å². The molecular formula is C31H25N5O7S. The molecule has 6 rings (SSSR count). The van der Waals surface area contributed by atoms with Gasteiger partial charge in [0.2, 0.25) is 11.9 Å². The van der Waals surface area contributed by atoms with Gasteiger partial charge in [-0.15, -0.1) is 26.8 Å². The van der Waals surface area contributed by atoms with Crippen molar-refractivity contribution in [3.8, 4) is 0 Å². The smallest absolute Gasteiger partial charge is 0.338 e. The van der Waals surface area contributed by atoms with Gasteiger partial charge >= 0.3 is 17.9 Å². The van der Waals surface area contributed by atoms with Gasteiger partial charge in [-0.3, -0.25) is 0 Å². The topological polar surface area (TPSA) is 145 Å². The summed E-state index contributed by atoms with van der Waals surface area (Å²) in [4.78, 5) is 49.1. The van der Waals surface area contributed by atoms with Crippen LogP contribution in [-0.2, 0) is 18.9 Å². The van der Waals surface area contributed by atoms with Crippen molar-refractivity contribution in [2.75, 3.05) is 12.9 Å². The Labute approximate surface area is 255 Å². The van der Waals surface area contributed by atoms with Gasteiger partial charge in [-0.1, -0.05) is 54.6 Å². The first kappa shape index (κ1) is 29.0. The predicted octanol–water partition coefficient (Wildman–Crippen LogP) is 4.15. The van der Waals surface area contributed by atoms with Crippen molar-refractivity contribution in [3.63, 3.8) is 0 Å². The fourth-order valence-corrected chi connectivity index (χ4v) is 5.12. The molecule has 0 saturated carbocycles. The zero-order valence-corrected chi connectivity index (χ0v) is 24.1. The van der Waals surface area contributed by atoms with Gasteiger partial charge < -0.3 is 18.9 Å². The molecule has 0 spiro atoms. The van der Waals surface area contributed by atoms with Crippen molar-refractivity contribution in [1.82, 2.24) is 25.0 Å². The molecule has 5 aromatic rings. The maximum atomic E-state index is 13.3. The van der Waals surface area contributed by atoms with Gasteiger partial charge in [0.15, 0.2) is 17.7 Å². The lowest BCUT2D eigenvalue weighted by Gasteiger charge is -2.24. The van der Waals surface area contributed by atoms with Crippen molar-refractivity contribution >= 4 is 40.8 Å². The van der Waals surface area contributed by atoms with Gasteiger partial charge in [-0.05, 0) is 42.7 Å². The summed E-state index contributed by atoms with van der Waals surface area (Å²) in [6.45, 7) is -0.326. The van der Waals surface area contributed by atoms with Crippen LogP contribution in [0.1, 0.15) is 37.3 Å². The second-order valence-corrected chi connectivity index (χ2v) is 10.4. The number of carbonyl (C=O) groups excluding carboxylic acids is 3. The lowest BCUT2D eigenvalue weighted by molar-refractivity contribution is -0.0728. The number of benzene rings is 3. The van der Waals surface area contributed by atoms with Crippen LogP contribution in [-0.4, -0.2) is 74.0 Å². The molecule has 2 aromatic heterocycles. The SMILES string of the molecule is CSc1ncnc2nn([C@H]3O[C@@H](COC(=O)c4ccccc4)[C@@H](OC(=O)c4ccccc4)[C@@H]3OC(=O)c3ccccc3)nc12. The van der Waals surface area contributed by atoms with E-state index in [1.807, 2.05) is 6.26 Å². The number of aromatic nitrogens is 5. The zero-order chi connectivity index (χ0) is 30.5. The second kappa shape index (κ2) is 13.0. The number of esters is 3. The molecule has 44 heavy (non-hydrogen) atoms. The third-order valence-corrected chi connectivity index (χ3v) is 7.45. The van der Waals surface area contributed by atoms with E-state index in [-0.39, 0.29) is 23.4 Å². The fourth-order valence-electron chi connectivity index (χ4n) is 4.64. The number of rotatable bonds is 9. The molecule has 0 N–H and O–H groups in total. The molecule has 0 bridgehead atoms. The van der Waals surface area contributed by atoms with Crippen LogP contribution in [0.5, 0.6) is 0 Å². The van der Waals surface area contributed by atoms with Gasteiger partial charge in [0.25, 0.3) is 0 Å². The number of hydrogen-bond donors (Lipinski definition) is 0. The summed E-state index contributed by atoms with van der Waals surface area (Å²) in [5.74, 6) is -1.98. The van der Waals surface area contributed by atoms with Crippen molar-refractivity contribution in [2.24, 2.45) is 0 Å². The summed E-state index contributed by atoms with van der Waals surface area (Å²) < 4.78 is 23.8. The number of carbonyl (C=O) groups is 3. The van der Waals surface area contributed by atoms with Gasteiger partial charge in [0.1, 0.15) is 24.1 Å². The van der Waals surface area contributed by atoms with E-state index in [0.717, 1.165) is 0 Å². The Morgan fingerprint density at radius 1 is 0.750 bits per heavy atom. The standard InChI is InChI=1S/C31H25N5O7S/c1-44-27-23-26(32-18-33-27)35-36(34-23)28-25(43-31(39)21-15-9-4-10-16-21)24(42-30(38)20-13-7-3-8-14-20)22(41-28)17-40-29(37)19-11-5-2-6-12-19/h2-16,18,22,24-25,28H,17H2,1H3/t22-,24+,25-,28-/m0/s1. The average Bonchev–Trinajstić information content (AvgIpc) is 3.66. The highest BCUT2D eigenvalue weighted by Crippen LogP contribution is 2.35. The first-order chi connectivity index (χ1) is 21.5. The van der Waals surface area contributed by atoms with E-state index >= 15 is 0 Å². The molecular weight excluding hydrogens is 586 g/mol. The molecule has 0 amide bonds. The molecule has 0 aliphatic carbocycles. The Morgan fingerprint density at radius 3 is 1.86 bits per heavy atom. The maximum absolute atomic E-state index is 13.3. The summed E-state index contributed by atoms with van der Waals surface area (Å²) in [5, 5.41) is 9.58. The Bertz CT molecular complexity index is 1770. The van der Waals surface area contributed by atoms with E-state index in [2.05, 4.69) is 20.2 Å². The quantitative estimate of drug-likeness (QED) is 0.102. The second-order valence-electron chi connectivity index (χ2n) is 9.58. The Morgan fingerprint density at radius 2 is 1.30 bits per heavy atom. The summed E-state index contributed by atoms with van der Waals surface area (Å²) in [6, 6.07) is 25.1. The first-order valence-electron chi connectivity index (χ1n) is 13.5. The Kier molecular flexibility index (Phi) is 8.57. The highest BCUT2D eigenvalue weighted by atomic mass is 32.2. The van der Waals surface area contributed by atoms with Crippen molar-refractivity contribution in [3.05, 3.63) is 114 Å². The molecule has 0 radical (unpaired) electrons.